The lowest BCUT2D eigenvalue weighted by Gasteiger charge is -2.08. The molecule has 0 bridgehead atoms. The maximum atomic E-state index is 11.5. The molecular weight excluding hydrogens is 394 g/mol. The molecule has 1 aromatic carbocycles. The van der Waals surface area contributed by atoms with Crippen LogP contribution in [0.1, 0.15) is 0 Å². The second-order valence-electron chi connectivity index (χ2n) is 5.71. The lowest BCUT2D eigenvalue weighted by molar-refractivity contribution is 0.0141. The third kappa shape index (κ3) is 10.9. The Kier molecular flexibility index (Phi) is 12.1. The molecule has 0 atom stereocenters. The zero-order chi connectivity index (χ0) is 22.2. The highest BCUT2D eigenvalue weighted by Gasteiger charge is 2.05. The standard InChI is InChI=1S/C13H22N4O5.C6H7NO/c1-19-4-5-20-6-7-21-8-9-22-13(18)17-11-3-2-10(14)12(15)16-11;7-5-3-1-2-4-6(5)8/h2-3H,4-9,14H2,1H3,(H3,15,16,17,18);1-4,8H,7H2. The molecule has 0 unspecified atom stereocenters. The molecule has 30 heavy (non-hydrogen) atoms. The van der Waals surface area contributed by atoms with Gasteiger partial charge >= 0.3 is 6.09 Å². The Bertz CT molecular complexity index is 741. The van der Waals surface area contributed by atoms with Crippen molar-refractivity contribution >= 4 is 29.1 Å². The van der Waals surface area contributed by atoms with Gasteiger partial charge in [-0.25, -0.2) is 9.78 Å². The minimum atomic E-state index is -0.642. The lowest BCUT2D eigenvalue weighted by Crippen LogP contribution is -2.18. The van der Waals surface area contributed by atoms with Crippen LogP contribution in [0.15, 0.2) is 36.4 Å². The van der Waals surface area contributed by atoms with Crippen LogP contribution in [0.2, 0.25) is 0 Å². The van der Waals surface area contributed by atoms with Gasteiger partial charge in [0.15, 0.2) is 0 Å². The summed E-state index contributed by atoms with van der Waals surface area (Å²) in [6, 6.07) is 9.77. The number of rotatable bonds is 10. The van der Waals surface area contributed by atoms with E-state index in [0.29, 0.717) is 37.8 Å². The normalized spacial score (nSPS) is 10.0. The molecule has 2 rings (SSSR count). The Balaban J connectivity index is 0.000000467. The number of nitrogens with one attached hydrogen (secondary N) is 1. The number of para-hydroxylation sites is 2. The smallest absolute Gasteiger partial charge is 0.412 e. The molecule has 166 valence electrons. The van der Waals surface area contributed by atoms with Crippen LogP contribution in [-0.2, 0) is 18.9 Å². The minimum Gasteiger partial charge on any atom is -0.506 e. The number of aromatic nitrogens is 1. The van der Waals surface area contributed by atoms with Crippen molar-refractivity contribution < 1.29 is 28.8 Å². The molecule has 1 heterocycles. The Hall–Kier alpha value is -3.28. The van der Waals surface area contributed by atoms with Crippen molar-refractivity contribution in [3.63, 3.8) is 0 Å². The Morgan fingerprint density at radius 2 is 1.57 bits per heavy atom. The number of ether oxygens (including phenoxy) is 4. The number of hydrogen-bond donors (Lipinski definition) is 5. The van der Waals surface area contributed by atoms with Gasteiger partial charge in [-0.3, -0.25) is 5.32 Å². The van der Waals surface area contributed by atoms with Gasteiger partial charge in [0.2, 0.25) is 0 Å². The topological polar surface area (TPSA) is 177 Å². The van der Waals surface area contributed by atoms with Crippen molar-refractivity contribution in [1.82, 2.24) is 4.98 Å². The zero-order valence-electron chi connectivity index (χ0n) is 16.9. The van der Waals surface area contributed by atoms with Crippen LogP contribution < -0.4 is 22.5 Å². The van der Waals surface area contributed by atoms with Gasteiger partial charge in [0.05, 0.1) is 44.4 Å². The maximum absolute atomic E-state index is 11.5. The first-order valence-corrected chi connectivity index (χ1v) is 9.07. The Labute approximate surface area is 175 Å². The summed E-state index contributed by atoms with van der Waals surface area (Å²) in [5.74, 6) is 0.561. The molecule has 2 aromatic rings. The highest BCUT2D eigenvalue weighted by atomic mass is 16.6. The Morgan fingerprint density at radius 1 is 0.933 bits per heavy atom. The van der Waals surface area contributed by atoms with Crippen molar-refractivity contribution in [2.24, 2.45) is 0 Å². The predicted molar refractivity (Wildman–Crippen MR) is 114 cm³/mol. The van der Waals surface area contributed by atoms with E-state index in [4.69, 9.17) is 41.3 Å². The number of nitrogen functional groups attached to an aromatic ring is 3. The fourth-order valence-corrected chi connectivity index (χ4v) is 1.84. The zero-order valence-corrected chi connectivity index (χ0v) is 16.9. The molecule has 8 N–H and O–H groups in total. The highest BCUT2D eigenvalue weighted by Crippen LogP contribution is 2.16. The quantitative estimate of drug-likeness (QED) is 0.213. The van der Waals surface area contributed by atoms with Crippen LogP contribution in [0.5, 0.6) is 5.75 Å². The number of methoxy groups -OCH3 is 1. The first kappa shape index (κ1) is 24.8. The number of hydrogen-bond acceptors (Lipinski definition) is 10. The fraction of sp³-hybridized carbons (Fsp3) is 0.368. The molecule has 0 spiro atoms. The summed E-state index contributed by atoms with van der Waals surface area (Å²) >= 11 is 0. The van der Waals surface area contributed by atoms with Crippen molar-refractivity contribution in [3.05, 3.63) is 36.4 Å². The van der Waals surface area contributed by atoms with Crippen LogP contribution in [0.25, 0.3) is 0 Å². The summed E-state index contributed by atoms with van der Waals surface area (Å²) in [4.78, 5) is 15.4. The molecule has 11 heteroatoms. The summed E-state index contributed by atoms with van der Waals surface area (Å²) in [6.07, 6.45) is -0.642. The van der Waals surface area contributed by atoms with Gasteiger partial charge < -0.3 is 41.3 Å². The first-order valence-electron chi connectivity index (χ1n) is 9.07. The molecule has 1 amide bonds. The molecule has 0 radical (unpaired) electrons. The molecule has 0 saturated heterocycles. The van der Waals surface area contributed by atoms with Crippen molar-refractivity contribution in [2.45, 2.75) is 0 Å². The van der Waals surface area contributed by atoms with Gasteiger partial charge in [0.1, 0.15) is 24.0 Å². The maximum Gasteiger partial charge on any atom is 0.412 e. The van der Waals surface area contributed by atoms with Gasteiger partial charge in [0, 0.05) is 7.11 Å². The van der Waals surface area contributed by atoms with E-state index in [2.05, 4.69) is 10.3 Å². The summed E-state index contributed by atoms with van der Waals surface area (Å²) < 4.78 is 20.2. The van der Waals surface area contributed by atoms with E-state index < -0.39 is 6.09 Å². The molecule has 1 aromatic heterocycles. The Morgan fingerprint density at radius 3 is 2.13 bits per heavy atom. The number of pyridine rings is 1. The molecule has 0 saturated carbocycles. The number of carbonyl (C=O) groups excluding carboxylic acids is 1. The number of nitrogens with zero attached hydrogens (tertiary/aromatic N) is 1. The van der Waals surface area contributed by atoms with Crippen molar-refractivity contribution in [1.29, 1.82) is 0 Å². The number of nitrogens with two attached hydrogens (primary N) is 3. The van der Waals surface area contributed by atoms with Crippen LogP contribution in [0, 0.1) is 0 Å². The van der Waals surface area contributed by atoms with Gasteiger partial charge in [0.25, 0.3) is 0 Å². The van der Waals surface area contributed by atoms with E-state index >= 15 is 0 Å². The molecule has 0 fully saturated rings. The van der Waals surface area contributed by atoms with Crippen molar-refractivity contribution in [2.75, 3.05) is 69.3 Å². The van der Waals surface area contributed by atoms with E-state index in [0.717, 1.165) is 0 Å². The molecular formula is C19H29N5O6. The summed E-state index contributed by atoms with van der Waals surface area (Å²) in [6.45, 7) is 2.35. The summed E-state index contributed by atoms with van der Waals surface area (Å²) in [5, 5.41) is 11.2. The summed E-state index contributed by atoms with van der Waals surface area (Å²) in [7, 11) is 1.61. The average Bonchev–Trinajstić information content (AvgIpc) is 2.72. The molecule has 0 aliphatic rings. The number of phenols is 1. The second kappa shape index (κ2) is 14.7. The monoisotopic (exact) mass is 423 g/mol. The number of amides is 1. The van der Waals surface area contributed by atoms with Crippen LogP contribution in [-0.4, -0.2) is 62.9 Å². The average molecular weight is 423 g/mol. The largest absolute Gasteiger partial charge is 0.506 e. The summed E-state index contributed by atoms with van der Waals surface area (Å²) in [5.41, 5.74) is 17.1. The minimum absolute atomic E-state index is 0.119. The van der Waals surface area contributed by atoms with Gasteiger partial charge in [-0.15, -0.1) is 0 Å². The number of aromatic hydroxyl groups is 1. The first-order chi connectivity index (χ1) is 14.4. The molecule has 0 aliphatic heterocycles. The third-order valence-corrected chi connectivity index (χ3v) is 3.39. The van der Waals surface area contributed by atoms with E-state index in [1.807, 2.05) is 0 Å². The van der Waals surface area contributed by atoms with Crippen LogP contribution >= 0.6 is 0 Å². The van der Waals surface area contributed by atoms with Gasteiger partial charge in [-0.05, 0) is 24.3 Å². The second-order valence-corrected chi connectivity index (χ2v) is 5.71. The van der Waals surface area contributed by atoms with Gasteiger partial charge in [-0.1, -0.05) is 12.1 Å². The number of carbonyl (C=O) groups is 1. The van der Waals surface area contributed by atoms with E-state index in [1.165, 1.54) is 6.07 Å². The van der Waals surface area contributed by atoms with E-state index in [1.54, 1.807) is 37.4 Å². The number of anilines is 4. The highest BCUT2D eigenvalue weighted by molar-refractivity contribution is 5.84. The van der Waals surface area contributed by atoms with Gasteiger partial charge in [-0.2, -0.15) is 0 Å². The number of benzene rings is 1. The van der Waals surface area contributed by atoms with Crippen LogP contribution in [0.4, 0.5) is 27.8 Å². The third-order valence-electron chi connectivity index (χ3n) is 3.39. The fourth-order valence-electron chi connectivity index (χ4n) is 1.84. The predicted octanol–water partition coefficient (Wildman–Crippen LogP) is 1.45. The van der Waals surface area contributed by atoms with Crippen LogP contribution in [0.3, 0.4) is 0 Å². The molecule has 0 aliphatic carbocycles. The SMILES string of the molecule is COCCOCCOCCOC(=O)Nc1ccc(N)c(N)n1.Nc1ccccc1O. The van der Waals surface area contributed by atoms with Crippen molar-refractivity contribution in [3.8, 4) is 5.75 Å². The van der Waals surface area contributed by atoms with E-state index in [-0.39, 0.29) is 30.6 Å². The number of phenolic OH excluding ortho intramolecular Hbond substituents is 1. The lowest BCUT2D eigenvalue weighted by atomic mass is 10.3. The van der Waals surface area contributed by atoms with E-state index in [9.17, 15) is 4.79 Å². The molecule has 11 nitrogen and oxygen atoms in total.